The Morgan fingerprint density at radius 2 is 2.10 bits per heavy atom. The summed E-state index contributed by atoms with van der Waals surface area (Å²) in [6.07, 6.45) is 0. The van der Waals surface area contributed by atoms with E-state index in [0.29, 0.717) is 5.69 Å². The van der Waals surface area contributed by atoms with Gasteiger partial charge in [0.05, 0.1) is 5.69 Å². The molecule has 0 saturated heterocycles. The van der Waals surface area contributed by atoms with E-state index < -0.39 is 10.0 Å². The molecule has 0 radical (unpaired) electrons. The number of anilines is 1. The van der Waals surface area contributed by atoms with Crippen LogP contribution in [0.15, 0.2) is 36.7 Å². The number of aliphatic hydroxyl groups excluding tert-OH is 1. The number of pyridine rings is 1. The van der Waals surface area contributed by atoms with Crippen molar-refractivity contribution in [1.29, 1.82) is 0 Å². The van der Waals surface area contributed by atoms with Crippen LogP contribution in [0, 0.1) is 6.92 Å². The minimum Gasteiger partial charge on any atom is -0.450 e. The number of rotatable bonds is 4. The van der Waals surface area contributed by atoms with E-state index in [1.165, 1.54) is 12.1 Å². The molecule has 0 atom stereocenters. The van der Waals surface area contributed by atoms with Crippen molar-refractivity contribution >= 4 is 47.7 Å². The number of hydrogen-bond donors (Lipinski definition) is 2. The fourth-order valence-electron chi connectivity index (χ4n) is 1.45. The normalized spacial score (nSPS) is 11.6. The molecule has 0 aliphatic carbocycles. The fraction of sp³-hybridized carbons (Fsp3) is 0.182. The summed E-state index contributed by atoms with van der Waals surface area (Å²) in [5.41, 5.74) is 0.660. The lowest BCUT2D eigenvalue weighted by molar-refractivity contribution is 0.245. The summed E-state index contributed by atoms with van der Waals surface area (Å²) in [5, 5.41) is 8.95. The van der Waals surface area contributed by atoms with Crippen LogP contribution in [-0.4, -0.2) is 18.5 Å². The van der Waals surface area contributed by atoms with Gasteiger partial charge in [0.25, 0.3) is 10.0 Å². The van der Waals surface area contributed by atoms with Gasteiger partial charge >= 0.3 is 0 Å². The molecule has 0 fully saturated rings. The standard InChI is InChI=1S/C11H10Br2N2O4S/c1-6-8(12)2-3-10(14-6)15-20(17,18)9-4-7(5-16)19-11(9)13/h2-4,16H,5H2,1H3,(H,14,15). The quantitative estimate of drug-likeness (QED) is 0.785. The van der Waals surface area contributed by atoms with Gasteiger partial charge in [-0.15, -0.1) is 0 Å². The molecular weight excluding hydrogens is 416 g/mol. The average molecular weight is 426 g/mol. The molecule has 2 heterocycles. The molecule has 0 bridgehead atoms. The number of halogens is 2. The summed E-state index contributed by atoms with van der Waals surface area (Å²) >= 11 is 6.30. The zero-order valence-corrected chi connectivity index (χ0v) is 14.2. The van der Waals surface area contributed by atoms with Crippen molar-refractivity contribution < 1.29 is 17.9 Å². The highest BCUT2D eigenvalue weighted by Gasteiger charge is 2.23. The molecule has 108 valence electrons. The Kier molecular flexibility index (Phi) is 4.52. The van der Waals surface area contributed by atoms with E-state index in [-0.39, 0.29) is 27.7 Å². The summed E-state index contributed by atoms with van der Waals surface area (Å²) in [7, 11) is -3.84. The summed E-state index contributed by atoms with van der Waals surface area (Å²) in [4.78, 5) is 4.01. The molecule has 0 unspecified atom stereocenters. The molecule has 0 saturated carbocycles. The van der Waals surface area contributed by atoms with Crippen LogP contribution in [-0.2, 0) is 16.6 Å². The predicted octanol–water partition coefficient (Wildman–Crippen LogP) is 2.80. The number of aryl methyl sites for hydroxylation is 1. The molecule has 0 aromatic carbocycles. The highest BCUT2D eigenvalue weighted by molar-refractivity contribution is 9.10. The fourth-order valence-corrected chi connectivity index (χ4v) is 3.67. The Hall–Kier alpha value is -0.900. The molecule has 20 heavy (non-hydrogen) atoms. The van der Waals surface area contributed by atoms with Gasteiger partial charge < -0.3 is 9.52 Å². The molecule has 2 N–H and O–H groups in total. The zero-order chi connectivity index (χ0) is 14.9. The molecule has 6 nitrogen and oxygen atoms in total. The molecule has 2 aromatic rings. The van der Waals surface area contributed by atoms with E-state index in [0.717, 1.165) is 4.47 Å². The lowest BCUT2D eigenvalue weighted by atomic mass is 10.4. The van der Waals surface area contributed by atoms with Crippen LogP contribution < -0.4 is 4.72 Å². The van der Waals surface area contributed by atoms with Crippen molar-refractivity contribution in [1.82, 2.24) is 4.98 Å². The Bertz CT molecular complexity index is 743. The van der Waals surface area contributed by atoms with E-state index >= 15 is 0 Å². The van der Waals surface area contributed by atoms with Gasteiger partial charge in [-0.05, 0) is 50.9 Å². The van der Waals surface area contributed by atoms with E-state index in [2.05, 4.69) is 41.6 Å². The number of nitrogens with zero attached hydrogens (tertiary/aromatic N) is 1. The predicted molar refractivity (Wildman–Crippen MR) is 79.8 cm³/mol. The largest absolute Gasteiger partial charge is 0.450 e. The third-order valence-electron chi connectivity index (χ3n) is 2.41. The van der Waals surface area contributed by atoms with Crippen LogP contribution in [0.4, 0.5) is 5.82 Å². The number of nitrogens with one attached hydrogen (secondary N) is 1. The van der Waals surface area contributed by atoms with Gasteiger partial charge in [-0.1, -0.05) is 0 Å². The van der Waals surface area contributed by atoms with Crippen molar-refractivity contribution in [2.24, 2.45) is 0 Å². The highest BCUT2D eigenvalue weighted by atomic mass is 79.9. The molecule has 0 aliphatic rings. The Morgan fingerprint density at radius 3 is 2.65 bits per heavy atom. The van der Waals surface area contributed by atoms with Gasteiger partial charge in [0, 0.05) is 10.5 Å². The number of furan rings is 1. The first-order valence-electron chi connectivity index (χ1n) is 5.38. The van der Waals surface area contributed by atoms with E-state index in [9.17, 15) is 8.42 Å². The first kappa shape index (κ1) is 15.5. The van der Waals surface area contributed by atoms with Gasteiger partial charge in [0.1, 0.15) is 23.1 Å². The lowest BCUT2D eigenvalue weighted by Crippen LogP contribution is -2.14. The molecule has 0 amide bonds. The third kappa shape index (κ3) is 3.22. The maximum atomic E-state index is 12.2. The molecule has 0 aliphatic heterocycles. The molecule has 2 aromatic heterocycles. The first-order valence-corrected chi connectivity index (χ1v) is 8.45. The van der Waals surface area contributed by atoms with E-state index in [1.54, 1.807) is 13.0 Å². The lowest BCUT2D eigenvalue weighted by Gasteiger charge is -2.07. The molecule has 0 spiro atoms. The number of sulfonamides is 1. The topological polar surface area (TPSA) is 92.4 Å². The van der Waals surface area contributed by atoms with Crippen molar-refractivity contribution in [3.05, 3.63) is 38.8 Å². The Balaban J connectivity index is 2.35. The smallest absolute Gasteiger partial charge is 0.267 e. The molecular formula is C11H10Br2N2O4S. The number of aliphatic hydroxyl groups is 1. The van der Waals surface area contributed by atoms with Crippen molar-refractivity contribution in [2.45, 2.75) is 18.4 Å². The van der Waals surface area contributed by atoms with Crippen molar-refractivity contribution in [3.63, 3.8) is 0 Å². The van der Waals surface area contributed by atoms with Gasteiger partial charge in [-0.25, -0.2) is 13.4 Å². The van der Waals surface area contributed by atoms with Crippen LogP contribution in [0.25, 0.3) is 0 Å². The highest BCUT2D eigenvalue weighted by Crippen LogP contribution is 2.28. The Labute approximate surface area is 132 Å². The molecule has 2 rings (SSSR count). The minimum absolute atomic E-state index is 0.0304. The second-order valence-corrected chi connectivity index (χ2v) is 7.10. The van der Waals surface area contributed by atoms with Crippen LogP contribution in [0.2, 0.25) is 0 Å². The minimum atomic E-state index is -3.84. The maximum absolute atomic E-state index is 12.2. The summed E-state index contributed by atoms with van der Waals surface area (Å²) in [5.74, 6) is 0.349. The third-order valence-corrected chi connectivity index (χ3v) is 5.46. The summed E-state index contributed by atoms with van der Waals surface area (Å²) < 4.78 is 32.6. The maximum Gasteiger partial charge on any atom is 0.267 e. The van der Waals surface area contributed by atoms with Crippen LogP contribution in [0.1, 0.15) is 11.5 Å². The second-order valence-electron chi connectivity index (χ2n) is 3.88. The van der Waals surface area contributed by atoms with Crippen molar-refractivity contribution in [3.8, 4) is 0 Å². The second kappa shape index (κ2) is 5.84. The van der Waals surface area contributed by atoms with Crippen LogP contribution >= 0.6 is 31.9 Å². The number of hydrogen-bond acceptors (Lipinski definition) is 5. The number of aromatic nitrogens is 1. The SMILES string of the molecule is Cc1nc(NS(=O)(=O)c2cc(CO)oc2Br)ccc1Br. The molecule has 9 heteroatoms. The van der Waals surface area contributed by atoms with Gasteiger partial charge in [0.15, 0.2) is 4.67 Å². The first-order chi connectivity index (χ1) is 9.33. The Morgan fingerprint density at radius 1 is 1.40 bits per heavy atom. The van der Waals surface area contributed by atoms with Gasteiger partial charge in [-0.3, -0.25) is 4.72 Å². The van der Waals surface area contributed by atoms with Crippen LogP contribution in [0.5, 0.6) is 0 Å². The van der Waals surface area contributed by atoms with Crippen LogP contribution in [0.3, 0.4) is 0 Å². The zero-order valence-electron chi connectivity index (χ0n) is 10.2. The summed E-state index contributed by atoms with van der Waals surface area (Å²) in [6.45, 7) is 1.36. The monoisotopic (exact) mass is 424 g/mol. The van der Waals surface area contributed by atoms with E-state index in [1.807, 2.05) is 0 Å². The van der Waals surface area contributed by atoms with Gasteiger partial charge in [0.2, 0.25) is 0 Å². The van der Waals surface area contributed by atoms with E-state index in [4.69, 9.17) is 9.52 Å². The summed E-state index contributed by atoms with van der Waals surface area (Å²) in [6, 6.07) is 4.48. The van der Waals surface area contributed by atoms with Crippen molar-refractivity contribution in [2.75, 3.05) is 4.72 Å². The van der Waals surface area contributed by atoms with Gasteiger partial charge in [-0.2, -0.15) is 0 Å². The average Bonchev–Trinajstić information content (AvgIpc) is 2.76.